The van der Waals surface area contributed by atoms with Gasteiger partial charge in [-0.3, -0.25) is 4.79 Å². The van der Waals surface area contributed by atoms with Crippen LogP contribution in [0.4, 0.5) is 0 Å². The van der Waals surface area contributed by atoms with Crippen molar-refractivity contribution in [1.82, 2.24) is 29.8 Å². The van der Waals surface area contributed by atoms with Crippen molar-refractivity contribution >= 4 is 11.6 Å². The molecule has 0 N–H and O–H groups in total. The van der Waals surface area contributed by atoms with Crippen LogP contribution in [0.2, 0.25) is 0 Å². The van der Waals surface area contributed by atoms with Crippen LogP contribution in [0.3, 0.4) is 0 Å². The van der Waals surface area contributed by atoms with Crippen molar-refractivity contribution in [2.75, 3.05) is 7.11 Å². The second-order valence-corrected chi connectivity index (χ2v) is 8.39. The van der Waals surface area contributed by atoms with Gasteiger partial charge in [0.15, 0.2) is 5.65 Å². The normalized spacial score (nSPS) is 19.4. The van der Waals surface area contributed by atoms with Crippen LogP contribution in [0, 0.1) is 6.92 Å². The van der Waals surface area contributed by atoms with Crippen LogP contribution in [0.25, 0.3) is 16.9 Å². The second kappa shape index (κ2) is 7.15. The van der Waals surface area contributed by atoms with Gasteiger partial charge >= 0.3 is 0 Å². The van der Waals surface area contributed by atoms with Crippen LogP contribution in [-0.4, -0.2) is 48.9 Å². The molecule has 0 spiro atoms. The maximum atomic E-state index is 13.2. The van der Waals surface area contributed by atoms with E-state index in [1.807, 2.05) is 45.9 Å². The molecule has 32 heavy (non-hydrogen) atoms. The lowest BCUT2D eigenvalue weighted by Crippen LogP contribution is -2.43. The number of nitrogens with zero attached hydrogens (tertiary/aromatic N) is 6. The summed E-state index contributed by atoms with van der Waals surface area (Å²) in [5.74, 6) is 0.830. The van der Waals surface area contributed by atoms with Gasteiger partial charge in [0.1, 0.15) is 17.1 Å². The maximum Gasteiger partial charge on any atom is 0.229 e. The fourth-order valence-electron chi connectivity index (χ4n) is 5.10. The molecular weight excluding hydrogens is 408 g/mol. The quantitative estimate of drug-likeness (QED) is 0.491. The second-order valence-electron chi connectivity index (χ2n) is 8.39. The molecule has 2 aliphatic rings. The third-order valence-corrected chi connectivity index (χ3v) is 6.64. The van der Waals surface area contributed by atoms with Crippen LogP contribution < -0.4 is 4.74 Å². The lowest BCUT2D eigenvalue weighted by atomic mass is 9.98. The molecule has 5 heterocycles. The Bertz CT molecular complexity index is 1340. The Hall–Kier alpha value is -3.75. The summed E-state index contributed by atoms with van der Waals surface area (Å²) in [6.45, 7) is 1.80. The van der Waals surface area contributed by atoms with Crippen molar-refractivity contribution in [1.29, 1.82) is 0 Å². The van der Waals surface area contributed by atoms with Crippen molar-refractivity contribution in [3.05, 3.63) is 59.2 Å². The zero-order chi connectivity index (χ0) is 21.8. The van der Waals surface area contributed by atoms with Crippen LogP contribution in [0.5, 0.6) is 5.75 Å². The molecule has 4 aromatic rings. The number of amides is 1. The number of hydrogen-bond acceptors (Lipinski definition) is 7. The van der Waals surface area contributed by atoms with Crippen LogP contribution in [-0.2, 0) is 17.6 Å². The summed E-state index contributed by atoms with van der Waals surface area (Å²) in [5, 5.41) is 12.6. The smallest absolute Gasteiger partial charge is 0.229 e. The first-order valence-corrected chi connectivity index (χ1v) is 10.7. The van der Waals surface area contributed by atoms with Crippen molar-refractivity contribution in [2.24, 2.45) is 0 Å². The lowest BCUT2D eigenvalue weighted by molar-refractivity contribution is -0.134. The predicted octanol–water partition coefficient (Wildman–Crippen LogP) is 2.93. The highest BCUT2D eigenvalue weighted by atomic mass is 16.6. The van der Waals surface area contributed by atoms with E-state index < -0.39 is 0 Å². The third-order valence-electron chi connectivity index (χ3n) is 6.64. The minimum Gasteiger partial charge on any atom is -0.496 e. The monoisotopic (exact) mass is 430 g/mol. The molecule has 0 aliphatic carbocycles. The van der Waals surface area contributed by atoms with E-state index in [1.54, 1.807) is 14.0 Å². The number of ether oxygens (including phenoxy) is 1. The van der Waals surface area contributed by atoms with E-state index in [0.29, 0.717) is 11.4 Å². The standard InChI is InChI=1S/C23H22N6O3/c1-13-17(27-32-26-13)11-23(30)28-14-7-8-19(28)16-12-24-22-10-18(25-29(22)20(16)9-14)15-5-3-4-6-21(15)31-2/h3-6,10,12,14,19H,7-9,11H2,1-2H3/t14-,19+/m0/s1. The first kappa shape index (κ1) is 19.0. The van der Waals surface area contributed by atoms with E-state index in [2.05, 4.69) is 15.3 Å². The molecule has 6 rings (SSSR count). The van der Waals surface area contributed by atoms with Gasteiger partial charge in [-0.1, -0.05) is 22.4 Å². The number of rotatable bonds is 4. The zero-order valence-corrected chi connectivity index (χ0v) is 17.9. The Balaban J connectivity index is 1.37. The van der Waals surface area contributed by atoms with Gasteiger partial charge in [0.2, 0.25) is 5.91 Å². The minimum atomic E-state index is 0.00669. The van der Waals surface area contributed by atoms with Gasteiger partial charge < -0.3 is 9.64 Å². The molecular formula is C23H22N6O3. The van der Waals surface area contributed by atoms with Gasteiger partial charge in [-0.05, 0) is 31.9 Å². The Labute approximate surface area is 184 Å². The molecule has 1 fully saturated rings. The number of methoxy groups -OCH3 is 1. The van der Waals surface area contributed by atoms with Crippen molar-refractivity contribution < 1.29 is 14.2 Å². The number of para-hydroxylation sites is 1. The molecule has 2 atom stereocenters. The van der Waals surface area contributed by atoms with E-state index in [-0.39, 0.29) is 24.4 Å². The Morgan fingerprint density at radius 2 is 2.12 bits per heavy atom. The highest BCUT2D eigenvalue weighted by molar-refractivity contribution is 5.80. The molecule has 0 radical (unpaired) electrons. The number of benzene rings is 1. The molecule has 162 valence electrons. The van der Waals surface area contributed by atoms with Gasteiger partial charge in [-0.25, -0.2) is 14.1 Å². The lowest BCUT2D eigenvalue weighted by Gasteiger charge is -2.36. The SMILES string of the molecule is COc1ccccc1-c1cc2ncc3c(n2n1)C[C@@H]1CC[C@H]3N1C(=O)Cc1nonc1C. The van der Waals surface area contributed by atoms with E-state index in [1.165, 1.54) is 0 Å². The summed E-state index contributed by atoms with van der Waals surface area (Å²) in [7, 11) is 1.66. The van der Waals surface area contributed by atoms with E-state index >= 15 is 0 Å². The first-order valence-electron chi connectivity index (χ1n) is 10.7. The van der Waals surface area contributed by atoms with E-state index in [9.17, 15) is 4.79 Å². The van der Waals surface area contributed by atoms with Crippen molar-refractivity contribution in [2.45, 2.75) is 44.7 Å². The molecule has 1 saturated heterocycles. The van der Waals surface area contributed by atoms with Gasteiger partial charge in [0.05, 0.1) is 31.0 Å². The van der Waals surface area contributed by atoms with Gasteiger partial charge in [-0.2, -0.15) is 5.10 Å². The van der Waals surface area contributed by atoms with Gasteiger partial charge in [0.25, 0.3) is 0 Å². The molecule has 1 amide bonds. The van der Waals surface area contributed by atoms with Crippen LogP contribution >= 0.6 is 0 Å². The van der Waals surface area contributed by atoms with Crippen LogP contribution in [0.1, 0.15) is 41.5 Å². The maximum absolute atomic E-state index is 13.2. The van der Waals surface area contributed by atoms with Gasteiger partial charge in [0, 0.05) is 35.9 Å². The summed E-state index contributed by atoms with van der Waals surface area (Å²) in [6, 6.07) is 9.98. The largest absolute Gasteiger partial charge is 0.496 e. The summed E-state index contributed by atoms with van der Waals surface area (Å²) in [6.07, 6.45) is 4.75. The number of aromatic nitrogens is 5. The molecule has 0 saturated carbocycles. The number of hydrogen-bond donors (Lipinski definition) is 0. The third kappa shape index (κ3) is 2.80. The summed E-state index contributed by atoms with van der Waals surface area (Å²) >= 11 is 0. The summed E-state index contributed by atoms with van der Waals surface area (Å²) in [5.41, 5.74) is 6.02. The molecule has 9 heteroatoms. The fourth-order valence-corrected chi connectivity index (χ4v) is 5.10. The van der Waals surface area contributed by atoms with E-state index in [4.69, 9.17) is 14.5 Å². The Morgan fingerprint density at radius 1 is 1.25 bits per heavy atom. The highest BCUT2D eigenvalue weighted by Gasteiger charge is 2.44. The summed E-state index contributed by atoms with van der Waals surface area (Å²) in [4.78, 5) is 19.9. The van der Waals surface area contributed by atoms with E-state index in [0.717, 1.165) is 53.2 Å². The number of carbonyl (C=O) groups is 1. The molecule has 2 bridgehead atoms. The summed E-state index contributed by atoms with van der Waals surface area (Å²) < 4.78 is 12.2. The zero-order valence-electron chi connectivity index (χ0n) is 17.9. The Kier molecular flexibility index (Phi) is 4.24. The molecule has 9 nitrogen and oxygen atoms in total. The highest BCUT2D eigenvalue weighted by Crippen LogP contribution is 2.44. The number of fused-ring (bicyclic) bond motifs is 6. The van der Waals surface area contributed by atoms with Crippen molar-refractivity contribution in [3.63, 3.8) is 0 Å². The Morgan fingerprint density at radius 3 is 2.94 bits per heavy atom. The molecule has 3 aromatic heterocycles. The van der Waals surface area contributed by atoms with Crippen molar-refractivity contribution in [3.8, 4) is 17.0 Å². The molecule has 2 aliphatic heterocycles. The average molecular weight is 430 g/mol. The topological polar surface area (TPSA) is 98.7 Å². The van der Waals surface area contributed by atoms with Gasteiger partial charge in [-0.15, -0.1) is 0 Å². The average Bonchev–Trinajstić information content (AvgIpc) is 3.50. The minimum absolute atomic E-state index is 0.00669. The number of carbonyl (C=O) groups excluding carboxylic acids is 1. The predicted molar refractivity (Wildman–Crippen MR) is 114 cm³/mol. The molecule has 1 aromatic carbocycles. The fraction of sp³-hybridized carbons (Fsp3) is 0.348. The first-order chi connectivity index (χ1) is 15.6. The molecule has 0 unspecified atom stereocenters. The number of aryl methyl sites for hydroxylation is 1. The van der Waals surface area contributed by atoms with Crippen LogP contribution in [0.15, 0.2) is 41.2 Å².